The Labute approximate surface area is 174 Å². The van der Waals surface area contributed by atoms with E-state index in [-0.39, 0.29) is 11.6 Å². The molecule has 4 rings (SSSR count). The largest absolute Gasteiger partial charge is 0.303 e. The molecule has 0 aromatic heterocycles. The summed E-state index contributed by atoms with van der Waals surface area (Å²) in [5.41, 5.74) is 5.58. The zero-order valence-corrected chi connectivity index (χ0v) is 16.5. The lowest BCUT2D eigenvalue weighted by Crippen LogP contribution is -2.25. The lowest BCUT2D eigenvalue weighted by atomic mass is 10.1. The van der Waals surface area contributed by atoms with Crippen LogP contribution in [0.15, 0.2) is 84.9 Å². The molecule has 0 saturated heterocycles. The Bertz CT molecular complexity index is 1160. The molecule has 0 atom stereocenters. The summed E-state index contributed by atoms with van der Waals surface area (Å²) in [6.45, 7) is 2.55. The van der Waals surface area contributed by atoms with E-state index in [1.165, 1.54) is 17.7 Å². The summed E-state index contributed by atoms with van der Waals surface area (Å²) in [4.78, 5) is 25.3. The van der Waals surface area contributed by atoms with Gasteiger partial charge in [0.2, 0.25) is 0 Å². The molecular weight excluding hydrogens is 376 g/mol. The Morgan fingerprint density at radius 1 is 0.967 bits per heavy atom. The molecule has 0 bridgehead atoms. The van der Waals surface area contributed by atoms with E-state index in [1.54, 1.807) is 29.2 Å². The monoisotopic (exact) mass is 396 g/mol. The summed E-state index contributed by atoms with van der Waals surface area (Å²) in [7, 11) is 0. The molecule has 0 N–H and O–H groups in total. The van der Waals surface area contributed by atoms with Crippen LogP contribution in [0.1, 0.15) is 22.3 Å². The van der Waals surface area contributed by atoms with Crippen LogP contribution in [0.5, 0.6) is 0 Å². The molecule has 30 heavy (non-hydrogen) atoms. The summed E-state index contributed by atoms with van der Waals surface area (Å²) in [6, 6.07) is 22.2. The van der Waals surface area contributed by atoms with Crippen molar-refractivity contribution in [2.24, 2.45) is 0 Å². The van der Waals surface area contributed by atoms with Crippen molar-refractivity contribution in [1.29, 1.82) is 0 Å². The molecule has 148 valence electrons. The molecule has 5 heteroatoms. The van der Waals surface area contributed by atoms with Gasteiger partial charge in [-0.3, -0.25) is 14.9 Å². The van der Waals surface area contributed by atoms with Crippen molar-refractivity contribution in [3.63, 3.8) is 0 Å². The fraction of sp³-hybridized carbons (Fsp3) is 0.0800. The van der Waals surface area contributed by atoms with Gasteiger partial charge in [0.05, 0.1) is 17.2 Å². The fourth-order valence-electron chi connectivity index (χ4n) is 3.46. The average Bonchev–Trinajstić information content (AvgIpc) is 3.01. The molecule has 1 aliphatic rings. The van der Waals surface area contributed by atoms with Crippen LogP contribution in [0.3, 0.4) is 0 Å². The van der Waals surface area contributed by atoms with E-state index < -0.39 is 4.92 Å². The van der Waals surface area contributed by atoms with Gasteiger partial charge in [-0.1, -0.05) is 60.2 Å². The predicted octanol–water partition coefficient (Wildman–Crippen LogP) is 5.55. The summed E-state index contributed by atoms with van der Waals surface area (Å²) >= 11 is 0. The van der Waals surface area contributed by atoms with Crippen molar-refractivity contribution in [2.75, 3.05) is 4.90 Å². The summed E-state index contributed by atoms with van der Waals surface area (Å²) in [5, 5.41) is 10.8. The van der Waals surface area contributed by atoms with Gasteiger partial charge in [-0.25, -0.2) is 0 Å². The molecule has 1 heterocycles. The van der Waals surface area contributed by atoms with Gasteiger partial charge < -0.3 is 4.90 Å². The van der Waals surface area contributed by atoms with Crippen molar-refractivity contribution >= 4 is 28.9 Å². The van der Waals surface area contributed by atoms with Crippen LogP contribution in [0, 0.1) is 17.0 Å². The fourth-order valence-corrected chi connectivity index (χ4v) is 3.46. The van der Waals surface area contributed by atoms with Crippen LogP contribution in [0.4, 0.5) is 11.4 Å². The van der Waals surface area contributed by atoms with Crippen LogP contribution in [-0.4, -0.2) is 10.8 Å². The maximum atomic E-state index is 13.1. The van der Waals surface area contributed by atoms with Crippen LogP contribution in [0.25, 0.3) is 11.6 Å². The maximum Gasteiger partial charge on any atom is 0.269 e. The number of nitro groups is 1. The number of nitro benzene ring substituents is 1. The molecule has 3 aromatic carbocycles. The Morgan fingerprint density at radius 2 is 1.67 bits per heavy atom. The Hall–Kier alpha value is -3.99. The quantitative estimate of drug-likeness (QED) is 0.323. The lowest BCUT2D eigenvalue weighted by molar-refractivity contribution is -0.384. The highest BCUT2D eigenvalue weighted by atomic mass is 16.6. The number of hydrogen-bond donors (Lipinski definition) is 0. The van der Waals surface area contributed by atoms with Crippen molar-refractivity contribution in [3.8, 4) is 0 Å². The number of aryl methyl sites for hydroxylation is 1. The number of fused-ring (bicyclic) bond motifs is 1. The van der Waals surface area contributed by atoms with E-state index in [1.807, 2.05) is 61.5 Å². The number of carbonyl (C=O) groups excluding carboxylic acids is 1. The molecule has 0 fully saturated rings. The van der Waals surface area contributed by atoms with Gasteiger partial charge in [-0.2, -0.15) is 0 Å². The number of benzene rings is 3. The first-order chi connectivity index (χ1) is 14.5. The molecular formula is C25H20N2O3. The number of para-hydroxylation sites is 1. The summed E-state index contributed by atoms with van der Waals surface area (Å²) in [5.74, 6) is -0.0369. The first-order valence-electron chi connectivity index (χ1n) is 9.62. The Morgan fingerprint density at radius 3 is 2.37 bits per heavy atom. The molecule has 0 radical (unpaired) electrons. The van der Waals surface area contributed by atoms with Gasteiger partial charge in [0, 0.05) is 23.3 Å². The minimum absolute atomic E-state index is 0.0369. The van der Waals surface area contributed by atoms with Gasteiger partial charge >= 0.3 is 0 Å². The average molecular weight is 396 g/mol. The zero-order valence-electron chi connectivity index (χ0n) is 16.5. The SMILES string of the molecule is Cc1ccc(CN2C(=O)/C(=C\C=C\c3ccc([N+](=O)[O-])cc3)c3ccccc32)cc1. The summed E-state index contributed by atoms with van der Waals surface area (Å²) in [6.07, 6.45) is 5.44. The molecule has 0 spiro atoms. The van der Waals surface area contributed by atoms with Crippen molar-refractivity contribution in [2.45, 2.75) is 13.5 Å². The lowest BCUT2D eigenvalue weighted by Gasteiger charge is -2.17. The molecule has 5 nitrogen and oxygen atoms in total. The smallest absolute Gasteiger partial charge is 0.269 e. The Kier molecular flexibility index (Phi) is 5.26. The molecule has 1 amide bonds. The number of amides is 1. The zero-order chi connectivity index (χ0) is 21.1. The van der Waals surface area contributed by atoms with Crippen LogP contribution in [-0.2, 0) is 11.3 Å². The number of nitrogens with zero attached hydrogens (tertiary/aromatic N) is 2. The second-order valence-corrected chi connectivity index (χ2v) is 7.18. The first-order valence-corrected chi connectivity index (χ1v) is 9.62. The minimum Gasteiger partial charge on any atom is -0.303 e. The minimum atomic E-state index is -0.424. The summed E-state index contributed by atoms with van der Waals surface area (Å²) < 4.78 is 0. The third-order valence-corrected chi connectivity index (χ3v) is 5.08. The van der Waals surface area contributed by atoms with E-state index in [2.05, 4.69) is 0 Å². The molecule has 0 unspecified atom stereocenters. The van der Waals surface area contributed by atoms with E-state index in [0.717, 1.165) is 22.4 Å². The van der Waals surface area contributed by atoms with Gasteiger partial charge in [-0.05, 0) is 42.3 Å². The highest BCUT2D eigenvalue weighted by molar-refractivity contribution is 6.32. The molecule has 1 aliphatic heterocycles. The second kappa shape index (κ2) is 8.17. The van der Waals surface area contributed by atoms with Crippen molar-refractivity contribution in [3.05, 3.63) is 117 Å². The third kappa shape index (κ3) is 3.91. The van der Waals surface area contributed by atoms with E-state index >= 15 is 0 Å². The Balaban J connectivity index is 1.59. The molecule has 3 aromatic rings. The predicted molar refractivity (Wildman–Crippen MR) is 119 cm³/mol. The van der Waals surface area contributed by atoms with Crippen LogP contribution in [0.2, 0.25) is 0 Å². The highest BCUT2D eigenvalue weighted by Gasteiger charge is 2.31. The van der Waals surface area contributed by atoms with E-state index in [9.17, 15) is 14.9 Å². The maximum absolute atomic E-state index is 13.1. The van der Waals surface area contributed by atoms with Crippen LogP contribution < -0.4 is 4.90 Å². The van der Waals surface area contributed by atoms with Gasteiger partial charge in [-0.15, -0.1) is 0 Å². The van der Waals surface area contributed by atoms with Crippen LogP contribution >= 0.6 is 0 Å². The number of anilines is 1. The van der Waals surface area contributed by atoms with E-state index in [0.29, 0.717) is 12.1 Å². The van der Waals surface area contributed by atoms with Gasteiger partial charge in [0.25, 0.3) is 11.6 Å². The number of carbonyl (C=O) groups is 1. The third-order valence-electron chi connectivity index (χ3n) is 5.08. The number of rotatable bonds is 5. The van der Waals surface area contributed by atoms with Crippen molar-refractivity contribution < 1.29 is 9.72 Å². The number of non-ortho nitro benzene ring substituents is 1. The number of hydrogen-bond acceptors (Lipinski definition) is 3. The number of allylic oxidation sites excluding steroid dienone is 2. The molecule has 0 aliphatic carbocycles. The topological polar surface area (TPSA) is 63.5 Å². The normalized spacial score (nSPS) is 14.5. The second-order valence-electron chi connectivity index (χ2n) is 7.18. The van der Waals surface area contributed by atoms with Crippen molar-refractivity contribution in [1.82, 2.24) is 0 Å². The van der Waals surface area contributed by atoms with Gasteiger partial charge in [0.1, 0.15) is 0 Å². The standard InChI is InChI=1S/C25H20N2O3/c1-18-9-11-20(12-10-18)17-26-24-8-3-2-6-22(24)23(25(26)28)7-4-5-19-13-15-21(16-14-19)27(29)30/h2-16H,17H2,1H3/b5-4+,23-7-. The van der Waals surface area contributed by atoms with Gasteiger partial charge in [0.15, 0.2) is 0 Å². The highest BCUT2D eigenvalue weighted by Crippen LogP contribution is 2.37. The van der Waals surface area contributed by atoms with E-state index in [4.69, 9.17) is 0 Å². The molecule has 0 saturated carbocycles. The first kappa shape index (κ1) is 19.3.